The second-order valence-corrected chi connectivity index (χ2v) is 6.67. The summed E-state index contributed by atoms with van der Waals surface area (Å²) in [6, 6.07) is 3.26. The van der Waals surface area contributed by atoms with Crippen molar-refractivity contribution in [2.75, 3.05) is 0 Å². The van der Waals surface area contributed by atoms with Crippen LogP contribution in [-0.4, -0.2) is 15.8 Å². The molecule has 2 aromatic heterocycles. The fourth-order valence-electron chi connectivity index (χ4n) is 1.55. The fraction of sp³-hybridized carbons (Fsp3) is 0.357. The van der Waals surface area contributed by atoms with E-state index in [1.54, 1.807) is 12.1 Å². The monoisotopic (exact) mass is 294 g/mol. The van der Waals surface area contributed by atoms with Crippen LogP contribution < -0.4 is 0 Å². The Morgan fingerprint density at radius 1 is 1.42 bits per heavy atom. The van der Waals surface area contributed by atoms with Crippen molar-refractivity contribution in [3.05, 3.63) is 45.1 Å². The van der Waals surface area contributed by atoms with Crippen LogP contribution in [0.3, 0.4) is 0 Å². The molecular weight excluding hydrogens is 280 g/mol. The van der Waals surface area contributed by atoms with Crippen molar-refractivity contribution in [2.45, 2.75) is 32.6 Å². The van der Waals surface area contributed by atoms with Crippen LogP contribution in [-0.2, 0) is 11.8 Å². The predicted octanol–water partition coefficient (Wildman–Crippen LogP) is 3.91. The molecule has 0 aliphatic carbocycles. The second kappa shape index (κ2) is 5.39. The lowest BCUT2D eigenvalue weighted by molar-refractivity contribution is 0.0992. The quantitative estimate of drug-likeness (QED) is 0.636. The summed E-state index contributed by atoms with van der Waals surface area (Å²) in [5.74, 6) is 0.0131. The van der Waals surface area contributed by atoms with Gasteiger partial charge in [0.1, 0.15) is 10.2 Å². The Balaban J connectivity index is 2.13. The molecule has 2 heterocycles. The zero-order valence-corrected chi connectivity index (χ0v) is 12.7. The number of hydrogen-bond acceptors (Lipinski definition) is 4. The summed E-state index contributed by atoms with van der Waals surface area (Å²) in [6.45, 7) is 6.32. The second-order valence-electron chi connectivity index (χ2n) is 5.34. The molecule has 19 heavy (non-hydrogen) atoms. The predicted molar refractivity (Wildman–Crippen MR) is 78.1 cm³/mol. The molecule has 0 atom stereocenters. The standard InChI is InChI=1S/C14H15ClN2OS/c1-14(2,3)11-8-19-13(17-11)7-10(18)9-4-5-16-12(15)6-9/h4-6,8H,7H2,1-3H3. The van der Waals surface area contributed by atoms with Crippen LogP contribution in [0.4, 0.5) is 0 Å². The van der Waals surface area contributed by atoms with Crippen molar-refractivity contribution >= 4 is 28.7 Å². The minimum Gasteiger partial charge on any atom is -0.294 e. The lowest BCUT2D eigenvalue weighted by atomic mass is 9.93. The SMILES string of the molecule is CC(C)(C)c1csc(CC(=O)c2ccnc(Cl)c2)n1. The number of pyridine rings is 1. The molecule has 0 amide bonds. The smallest absolute Gasteiger partial charge is 0.169 e. The van der Waals surface area contributed by atoms with E-state index in [2.05, 4.69) is 30.7 Å². The van der Waals surface area contributed by atoms with Crippen molar-refractivity contribution in [2.24, 2.45) is 0 Å². The molecule has 0 bridgehead atoms. The summed E-state index contributed by atoms with van der Waals surface area (Å²) in [6.07, 6.45) is 1.85. The summed E-state index contributed by atoms with van der Waals surface area (Å²) in [5.41, 5.74) is 1.61. The number of carbonyl (C=O) groups excluding carboxylic acids is 1. The summed E-state index contributed by atoms with van der Waals surface area (Å²) in [7, 11) is 0. The average molecular weight is 295 g/mol. The molecule has 0 radical (unpaired) electrons. The van der Waals surface area contributed by atoms with E-state index in [0.717, 1.165) is 10.7 Å². The third-order valence-corrected chi connectivity index (χ3v) is 3.74. The third-order valence-electron chi connectivity index (χ3n) is 2.68. The number of carbonyl (C=O) groups is 1. The Morgan fingerprint density at radius 3 is 2.74 bits per heavy atom. The van der Waals surface area contributed by atoms with Gasteiger partial charge in [0, 0.05) is 22.6 Å². The average Bonchev–Trinajstić information content (AvgIpc) is 2.77. The minimum absolute atomic E-state index is 0.0117. The molecule has 2 aromatic rings. The van der Waals surface area contributed by atoms with E-state index in [1.807, 2.05) is 5.38 Å². The maximum absolute atomic E-state index is 12.1. The van der Waals surface area contributed by atoms with Gasteiger partial charge >= 0.3 is 0 Å². The first-order valence-electron chi connectivity index (χ1n) is 5.96. The van der Waals surface area contributed by atoms with Crippen LogP contribution in [0.2, 0.25) is 5.15 Å². The first-order chi connectivity index (χ1) is 8.86. The van der Waals surface area contributed by atoms with Gasteiger partial charge in [-0.25, -0.2) is 9.97 Å². The van der Waals surface area contributed by atoms with E-state index in [-0.39, 0.29) is 11.2 Å². The van der Waals surface area contributed by atoms with Gasteiger partial charge in [-0.2, -0.15) is 0 Å². The molecule has 0 saturated heterocycles. The van der Waals surface area contributed by atoms with Crippen LogP contribution in [0.5, 0.6) is 0 Å². The van der Waals surface area contributed by atoms with Crippen LogP contribution >= 0.6 is 22.9 Å². The van der Waals surface area contributed by atoms with Crippen LogP contribution in [0.25, 0.3) is 0 Å². The number of aromatic nitrogens is 2. The molecule has 2 rings (SSSR count). The van der Waals surface area contributed by atoms with Gasteiger partial charge in [-0.3, -0.25) is 4.79 Å². The van der Waals surface area contributed by atoms with Gasteiger partial charge in [-0.15, -0.1) is 11.3 Å². The highest BCUT2D eigenvalue weighted by molar-refractivity contribution is 7.09. The van der Waals surface area contributed by atoms with E-state index >= 15 is 0 Å². The molecule has 3 nitrogen and oxygen atoms in total. The zero-order chi connectivity index (χ0) is 14.0. The lowest BCUT2D eigenvalue weighted by Gasteiger charge is -2.14. The van der Waals surface area contributed by atoms with E-state index < -0.39 is 0 Å². The Morgan fingerprint density at radius 2 is 2.16 bits per heavy atom. The number of thiazole rings is 1. The van der Waals surface area contributed by atoms with Crippen LogP contribution in [0, 0.1) is 0 Å². The fourth-order valence-corrected chi connectivity index (χ4v) is 2.75. The molecule has 0 saturated carbocycles. The van der Waals surface area contributed by atoms with Crippen molar-refractivity contribution in [3.63, 3.8) is 0 Å². The van der Waals surface area contributed by atoms with E-state index in [1.165, 1.54) is 17.5 Å². The van der Waals surface area contributed by atoms with E-state index in [0.29, 0.717) is 17.1 Å². The largest absolute Gasteiger partial charge is 0.294 e. The maximum Gasteiger partial charge on any atom is 0.169 e. The maximum atomic E-state index is 12.1. The molecule has 0 fully saturated rings. The van der Waals surface area contributed by atoms with Crippen molar-refractivity contribution in [3.8, 4) is 0 Å². The minimum atomic E-state index is 0.0117. The molecule has 100 valence electrons. The molecule has 0 aliphatic rings. The lowest BCUT2D eigenvalue weighted by Crippen LogP contribution is -2.12. The van der Waals surface area contributed by atoms with E-state index in [4.69, 9.17) is 11.6 Å². The van der Waals surface area contributed by atoms with Crippen LogP contribution in [0.15, 0.2) is 23.7 Å². The summed E-state index contributed by atoms with van der Waals surface area (Å²) < 4.78 is 0. The molecule has 0 aliphatic heterocycles. The highest BCUT2D eigenvalue weighted by atomic mass is 35.5. The van der Waals surface area contributed by atoms with Crippen molar-refractivity contribution < 1.29 is 4.79 Å². The Bertz CT molecular complexity index is 601. The van der Waals surface area contributed by atoms with Gasteiger partial charge in [-0.05, 0) is 12.1 Å². The van der Waals surface area contributed by atoms with Gasteiger partial charge in [-0.1, -0.05) is 32.4 Å². The first-order valence-corrected chi connectivity index (χ1v) is 7.21. The van der Waals surface area contributed by atoms with Gasteiger partial charge in [0.05, 0.1) is 12.1 Å². The number of hydrogen-bond donors (Lipinski definition) is 0. The molecular formula is C14H15ClN2OS. The van der Waals surface area contributed by atoms with Gasteiger partial charge < -0.3 is 0 Å². The highest BCUT2D eigenvalue weighted by Gasteiger charge is 2.18. The first kappa shape index (κ1) is 14.2. The number of Topliss-reactive ketones (excluding diaryl/α,β-unsaturated/α-hetero) is 1. The Kier molecular flexibility index (Phi) is 4.02. The molecule has 5 heteroatoms. The van der Waals surface area contributed by atoms with Crippen LogP contribution in [0.1, 0.15) is 41.8 Å². The number of ketones is 1. The third kappa shape index (κ3) is 3.61. The van der Waals surface area contributed by atoms with Crippen molar-refractivity contribution in [1.82, 2.24) is 9.97 Å². The zero-order valence-electron chi connectivity index (χ0n) is 11.1. The normalized spacial score (nSPS) is 11.6. The molecule has 0 spiro atoms. The number of halogens is 1. The summed E-state index contributed by atoms with van der Waals surface area (Å²) in [4.78, 5) is 20.5. The highest BCUT2D eigenvalue weighted by Crippen LogP contribution is 2.24. The molecule has 0 unspecified atom stereocenters. The topological polar surface area (TPSA) is 42.9 Å². The number of nitrogens with zero attached hydrogens (tertiary/aromatic N) is 2. The summed E-state index contributed by atoms with van der Waals surface area (Å²) in [5, 5.41) is 3.19. The summed E-state index contributed by atoms with van der Waals surface area (Å²) >= 11 is 7.30. The number of rotatable bonds is 3. The van der Waals surface area contributed by atoms with Crippen molar-refractivity contribution in [1.29, 1.82) is 0 Å². The van der Waals surface area contributed by atoms with Gasteiger partial charge in [0.25, 0.3) is 0 Å². The van der Waals surface area contributed by atoms with E-state index in [9.17, 15) is 4.79 Å². The Hall–Kier alpha value is -1.26. The van der Waals surface area contributed by atoms with Gasteiger partial charge in [0.2, 0.25) is 0 Å². The molecule has 0 aromatic carbocycles. The van der Waals surface area contributed by atoms with Gasteiger partial charge in [0.15, 0.2) is 5.78 Å². The molecule has 0 N–H and O–H groups in total. The Labute approximate surface area is 121 Å².